The van der Waals surface area contributed by atoms with E-state index in [9.17, 15) is 0 Å². The van der Waals surface area contributed by atoms with Gasteiger partial charge in [0.2, 0.25) is 11.7 Å². The van der Waals surface area contributed by atoms with Gasteiger partial charge < -0.3 is 9.84 Å². The van der Waals surface area contributed by atoms with Crippen LogP contribution in [-0.2, 0) is 0 Å². The van der Waals surface area contributed by atoms with Gasteiger partial charge in [-0.2, -0.15) is 4.98 Å². The second-order valence-electron chi connectivity index (χ2n) is 3.98. The molecular weight excluding hydrogens is 204 g/mol. The third-order valence-corrected chi connectivity index (χ3v) is 2.79. The van der Waals surface area contributed by atoms with E-state index >= 15 is 0 Å². The lowest BCUT2D eigenvalue weighted by atomic mass is 10.0. The van der Waals surface area contributed by atoms with E-state index in [1.807, 2.05) is 19.1 Å². The van der Waals surface area contributed by atoms with Gasteiger partial charge in [-0.3, -0.25) is 4.98 Å². The number of pyridine rings is 1. The molecule has 0 aromatic carbocycles. The van der Waals surface area contributed by atoms with Gasteiger partial charge >= 0.3 is 0 Å². The van der Waals surface area contributed by atoms with Crippen LogP contribution in [0.4, 0.5) is 0 Å². The number of nitrogens with zero attached hydrogens (tertiary/aromatic N) is 3. The second-order valence-corrected chi connectivity index (χ2v) is 3.98. The number of aromatic nitrogens is 3. The first kappa shape index (κ1) is 9.47. The fourth-order valence-electron chi connectivity index (χ4n) is 1.68. The minimum Gasteiger partial charge on any atom is -0.339 e. The summed E-state index contributed by atoms with van der Waals surface area (Å²) in [5, 5.41) is 7.15. The second kappa shape index (κ2) is 3.68. The van der Waals surface area contributed by atoms with E-state index in [1.165, 1.54) is 0 Å². The standard InChI is InChI=1S/C11H12N4O/c1-7-3-2-4-13-9(7)10-14-11(16-15-10)8-5-12-6-8/h2-4,8,12H,5-6H2,1H3. The summed E-state index contributed by atoms with van der Waals surface area (Å²) >= 11 is 0. The van der Waals surface area contributed by atoms with E-state index in [2.05, 4.69) is 20.4 Å². The number of hydrogen-bond donors (Lipinski definition) is 1. The predicted molar refractivity (Wildman–Crippen MR) is 57.9 cm³/mol. The first-order valence-corrected chi connectivity index (χ1v) is 5.31. The molecule has 5 heteroatoms. The van der Waals surface area contributed by atoms with Gasteiger partial charge in [-0.1, -0.05) is 11.2 Å². The maximum Gasteiger partial charge on any atom is 0.232 e. The smallest absolute Gasteiger partial charge is 0.232 e. The van der Waals surface area contributed by atoms with Crippen LogP contribution in [0.5, 0.6) is 0 Å². The van der Waals surface area contributed by atoms with Crippen molar-refractivity contribution >= 4 is 0 Å². The molecule has 5 nitrogen and oxygen atoms in total. The van der Waals surface area contributed by atoms with Crippen LogP contribution in [-0.4, -0.2) is 28.2 Å². The Bertz CT molecular complexity index is 504. The summed E-state index contributed by atoms with van der Waals surface area (Å²) in [5.41, 5.74) is 1.85. The van der Waals surface area contributed by atoms with E-state index in [0.29, 0.717) is 17.6 Å². The van der Waals surface area contributed by atoms with Crippen molar-refractivity contribution in [2.45, 2.75) is 12.8 Å². The average molecular weight is 216 g/mol. The molecule has 2 aromatic heterocycles. The molecule has 0 amide bonds. The lowest BCUT2D eigenvalue weighted by molar-refractivity contribution is 0.308. The third-order valence-electron chi connectivity index (χ3n) is 2.79. The quantitative estimate of drug-likeness (QED) is 0.815. The molecule has 1 aliphatic rings. The monoisotopic (exact) mass is 216 g/mol. The maximum absolute atomic E-state index is 5.24. The topological polar surface area (TPSA) is 63.8 Å². The van der Waals surface area contributed by atoms with Crippen LogP contribution in [0, 0.1) is 6.92 Å². The van der Waals surface area contributed by atoms with Gasteiger partial charge in [0, 0.05) is 19.3 Å². The highest BCUT2D eigenvalue weighted by Crippen LogP contribution is 2.22. The number of hydrogen-bond acceptors (Lipinski definition) is 5. The van der Waals surface area contributed by atoms with Crippen molar-refractivity contribution in [3.05, 3.63) is 29.8 Å². The highest BCUT2D eigenvalue weighted by molar-refractivity contribution is 5.53. The van der Waals surface area contributed by atoms with Gasteiger partial charge in [0.1, 0.15) is 5.69 Å². The first-order valence-electron chi connectivity index (χ1n) is 5.31. The fraction of sp³-hybridized carbons (Fsp3) is 0.364. The van der Waals surface area contributed by atoms with Crippen molar-refractivity contribution in [3.8, 4) is 11.5 Å². The average Bonchev–Trinajstić information content (AvgIpc) is 2.65. The molecule has 82 valence electrons. The fourth-order valence-corrected chi connectivity index (χ4v) is 1.68. The predicted octanol–water partition coefficient (Wildman–Crippen LogP) is 1.13. The Hall–Kier alpha value is -1.75. The zero-order valence-corrected chi connectivity index (χ0v) is 8.97. The molecule has 0 bridgehead atoms. The molecule has 3 heterocycles. The highest BCUT2D eigenvalue weighted by Gasteiger charge is 2.25. The maximum atomic E-state index is 5.24. The van der Waals surface area contributed by atoms with Crippen LogP contribution in [0.25, 0.3) is 11.5 Å². The molecule has 2 aromatic rings. The van der Waals surface area contributed by atoms with E-state index in [1.54, 1.807) is 6.20 Å². The molecule has 0 atom stereocenters. The van der Waals surface area contributed by atoms with Crippen LogP contribution < -0.4 is 5.32 Å². The van der Waals surface area contributed by atoms with Crippen molar-refractivity contribution in [3.63, 3.8) is 0 Å². The first-order chi connectivity index (χ1) is 7.84. The Balaban J connectivity index is 1.95. The number of aryl methyl sites for hydroxylation is 1. The van der Waals surface area contributed by atoms with Crippen LogP contribution in [0.3, 0.4) is 0 Å². The molecule has 0 saturated carbocycles. The summed E-state index contributed by atoms with van der Waals surface area (Å²) in [7, 11) is 0. The van der Waals surface area contributed by atoms with Crippen LogP contribution in [0.2, 0.25) is 0 Å². The molecule has 0 spiro atoms. The van der Waals surface area contributed by atoms with Gasteiger partial charge in [-0.05, 0) is 18.6 Å². The molecule has 0 unspecified atom stereocenters. The lowest BCUT2D eigenvalue weighted by Crippen LogP contribution is -2.40. The van der Waals surface area contributed by atoms with E-state index in [-0.39, 0.29) is 0 Å². The normalized spacial score (nSPS) is 16.1. The number of nitrogens with one attached hydrogen (secondary N) is 1. The van der Waals surface area contributed by atoms with Crippen molar-refractivity contribution in [1.29, 1.82) is 0 Å². The van der Waals surface area contributed by atoms with Crippen LogP contribution in [0.1, 0.15) is 17.4 Å². The summed E-state index contributed by atoms with van der Waals surface area (Å²) in [4.78, 5) is 8.65. The minimum absolute atomic E-state index is 0.366. The van der Waals surface area contributed by atoms with Crippen LogP contribution >= 0.6 is 0 Å². The molecule has 16 heavy (non-hydrogen) atoms. The van der Waals surface area contributed by atoms with Gasteiger partial charge in [-0.15, -0.1) is 0 Å². The Labute approximate surface area is 92.9 Å². The zero-order chi connectivity index (χ0) is 11.0. The van der Waals surface area contributed by atoms with Crippen LogP contribution in [0.15, 0.2) is 22.9 Å². The molecule has 1 saturated heterocycles. The molecule has 1 aliphatic heterocycles. The summed E-state index contributed by atoms with van der Waals surface area (Å²) in [6, 6.07) is 3.89. The molecule has 1 fully saturated rings. The van der Waals surface area contributed by atoms with Crippen molar-refractivity contribution in [2.75, 3.05) is 13.1 Å². The molecular formula is C11H12N4O. The van der Waals surface area contributed by atoms with E-state index in [4.69, 9.17) is 4.52 Å². The Kier molecular flexibility index (Phi) is 2.18. The van der Waals surface area contributed by atoms with Crippen molar-refractivity contribution in [2.24, 2.45) is 0 Å². The van der Waals surface area contributed by atoms with Crippen molar-refractivity contribution in [1.82, 2.24) is 20.4 Å². The summed E-state index contributed by atoms with van der Waals surface area (Å²) in [6.45, 7) is 3.83. The summed E-state index contributed by atoms with van der Waals surface area (Å²) in [6.07, 6.45) is 1.74. The summed E-state index contributed by atoms with van der Waals surface area (Å²) < 4.78 is 5.24. The zero-order valence-electron chi connectivity index (χ0n) is 8.97. The van der Waals surface area contributed by atoms with Crippen molar-refractivity contribution < 1.29 is 4.52 Å². The lowest BCUT2D eigenvalue weighted by Gasteiger charge is -2.22. The molecule has 1 N–H and O–H groups in total. The molecule has 0 aliphatic carbocycles. The SMILES string of the molecule is Cc1cccnc1-c1noc(C2CNC2)n1. The Morgan fingerprint density at radius 2 is 2.31 bits per heavy atom. The Morgan fingerprint density at radius 1 is 1.44 bits per heavy atom. The molecule has 3 rings (SSSR count). The van der Waals surface area contributed by atoms with Gasteiger partial charge in [0.05, 0.1) is 5.92 Å². The number of rotatable bonds is 2. The highest BCUT2D eigenvalue weighted by atomic mass is 16.5. The van der Waals surface area contributed by atoms with E-state index in [0.717, 1.165) is 24.3 Å². The summed E-state index contributed by atoms with van der Waals surface area (Å²) in [5.74, 6) is 1.66. The third kappa shape index (κ3) is 1.49. The largest absolute Gasteiger partial charge is 0.339 e. The van der Waals surface area contributed by atoms with E-state index < -0.39 is 0 Å². The Morgan fingerprint density at radius 3 is 3.00 bits per heavy atom. The minimum atomic E-state index is 0.366. The molecule has 0 radical (unpaired) electrons. The van der Waals surface area contributed by atoms with Gasteiger partial charge in [-0.25, -0.2) is 0 Å². The van der Waals surface area contributed by atoms with Gasteiger partial charge in [0.15, 0.2) is 0 Å². The van der Waals surface area contributed by atoms with Gasteiger partial charge in [0.25, 0.3) is 0 Å².